The van der Waals surface area contributed by atoms with Crippen LogP contribution in [-0.2, 0) is 11.3 Å². The van der Waals surface area contributed by atoms with E-state index in [0.717, 1.165) is 35.8 Å². The fraction of sp³-hybridized carbons (Fsp3) is 0.316. The lowest BCUT2D eigenvalue weighted by atomic mass is 10.2. The highest BCUT2D eigenvalue weighted by atomic mass is 16.5. The molecule has 0 amide bonds. The number of nitrogens with one attached hydrogen (secondary N) is 1. The molecule has 7 nitrogen and oxygen atoms in total. The van der Waals surface area contributed by atoms with Crippen LogP contribution in [0, 0.1) is 11.3 Å². The number of imidazole rings is 1. The summed E-state index contributed by atoms with van der Waals surface area (Å²) in [6, 6.07) is 9.57. The number of rotatable bonds is 5. The number of nitriles is 1. The minimum absolute atomic E-state index is 0.0982. The molecule has 3 aromatic heterocycles. The highest BCUT2D eigenvalue weighted by molar-refractivity contribution is 5.56. The van der Waals surface area contributed by atoms with Crippen molar-refractivity contribution in [3.63, 3.8) is 0 Å². The molecule has 1 saturated heterocycles. The largest absolute Gasteiger partial charge is 0.449 e. The summed E-state index contributed by atoms with van der Waals surface area (Å²) in [5.74, 6) is 1.99. The van der Waals surface area contributed by atoms with Crippen LogP contribution in [0.3, 0.4) is 0 Å². The second-order valence-electron chi connectivity index (χ2n) is 6.34. The Kier molecular flexibility index (Phi) is 4.52. The van der Waals surface area contributed by atoms with Gasteiger partial charge in [0.05, 0.1) is 30.6 Å². The van der Waals surface area contributed by atoms with Gasteiger partial charge in [0, 0.05) is 31.6 Å². The van der Waals surface area contributed by atoms with Gasteiger partial charge in [0.25, 0.3) is 0 Å². The minimum atomic E-state index is 0.0982. The molecule has 3 aromatic rings. The average Bonchev–Trinajstić information content (AvgIpc) is 3.42. The standard InChI is InChI=1S/C19H19N5O2/c1-25-16-7-18(24(12-16)11-15-5-4-14(8-20)26-15)19-22-10-17(23-19)13-3-2-6-21-9-13/h2-6,9-10,16,18H,7,11-12H2,1H3,(H,22,23)/t16-,18+/m1/s1. The maximum absolute atomic E-state index is 8.94. The number of aromatic amines is 1. The van der Waals surface area contributed by atoms with Crippen LogP contribution < -0.4 is 0 Å². The number of ether oxygens (including phenoxy) is 1. The van der Waals surface area contributed by atoms with E-state index in [4.69, 9.17) is 14.4 Å². The molecule has 4 rings (SSSR count). The van der Waals surface area contributed by atoms with E-state index in [-0.39, 0.29) is 12.1 Å². The van der Waals surface area contributed by atoms with Gasteiger partial charge in [-0.25, -0.2) is 4.98 Å². The predicted molar refractivity (Wildman–Crippen MR) is 93.8 cm³/mol. The summed E-state index contributed by atoms with van der Waals surface area (Å²) in [5.41, 5.74) is 1.95. The van der Waals surface area contributed by atoms with Crippen LogP contribution in [0.15, 0.2) is 47.3 Å². The topological polar surface area (TPSA) is 91.0 Å². The van der Waals surface area contributed by atoms with E-state index in [1.807, 2.05) is 36.7 Å². The molecule has 7 heteroatoms. The molecule has 4 heterocycles. The minimum Gasteiger partial charge on any atom is -0.449 e. The van der Waals surface area contributed by atoms with Gasteiger partial charge in [-0.2, -0.15) is 5.26 Å². The lowest BCUT2D eigenvalue weighted by Crippen LogP contribution is -2.25. The van der Waals surface area contributed by atoms with Crippen molar-refractivity contribution in [2.24, 2.45) is 0 Å². The summed E-state index contributed by atoms with van der Waals surface area (Å²) in [6.45, 7) is 1.39. The van der Waals surface area contributed by atoms with Crippen molar-refractivity contribution < 1.29 is 9.15 Å². The molecule has 0 spiro atoms. The fourth-order valence-electron chi connectivity index (χ4n) is 3.39. The number of pyridine rings is 1. The molecule has 1 aliphatic heterocycles. The van der Waals surface area contributed by atoms with E-state index >= 15 is 0 Å². The van der Waals surface area contributed by atoms with Gasteiger partial charge in [-0.15, -0.1) is 0 Å². The van der Waals surface area contributed by atoms with Crippen LogP contribution in [0.4, 0.5) is 0 Å². The smallest absolute Gasteiger partial charge is 0.203 e. The SMILES string of the molecule is CO[C@@H]1C[C@@H](c2ncc(-c3cccnc3)[nH]2)N(Cc2ccc(C#N)o2)C1. The van der Waals surface area contributed by atoms with Gasteiger partial charge in [0.2, 0.25) is 5.76 Å². The van der Waals surface area contributed by atoms with Crippen molar-refractivity contribution in [1.82, 2.24) is 19.9 Å². The van der Waals surface area contributed by atoms with Crippen LogP contribution in [0.2, 0.25) is 0 Å². The van der Waals surface area contributed by atoms with Crippen molar-refractivity contribution in [3.8, 4) is 17.3 Å². The number of nitrogens with zero attached hydrogens (tertiary/aromatic N) is 4. The third-order valence-corrected chi connectivity index (χ3v) is 4.71. The molecule has 0 radical (unpaired) electrons. The molecular weight excluding hydrogens is 330 g/mol. The zero-order chi connectivity index (χ0) is 17.9. The number of aromatic nitrogens is 3. The highest BCUT2D eigenvalue weighted by Gasteiger charge is 2.35. The molecule has 1 fully saturated rings. The first-order chi connectivity index (χ1) is 12.8. The lowest BCUT2D eigenvalue weighted by Gasteiger charge is -2.21. The van der Waals surface area contributed by atoms with E-state index in [1.165, 1.54) is 0 Å². The van der Waals surface area contributed by atoms with Crippen LogP contribution in [0.25, 0.3) is 11.3 Å². The molecule has 26 heavy (non-hydrogen) atoms. The Morgan fingerprint density at radius 3 is 3.04 bits per heavy atom. The number of hydrogen-bond donors (Lipinski definition) is 1. The van der Waals surface area contributed by atoms with Gasteiger partial charge < -0.3 is 14.1 Å². The Morgan fingerprint density at radius 1 is 1.38 bits per heavy atom. The molecule has 1 N–H and O–H groups in total. The normalized spacial score (nSPS) is 20.3. The number of H-pyrrole nitrogens is 1. The summed E-state index contributed by atoms with van der Waals surface area (Å²) in [5, 5.41) is 8.94. The first-order valence-corrected chi connectivity index (χ1v) is 8.48. The van der Waals surface area contributed by atoms with Crippen molar-refractivity contribution in [3.05, 3.63) is 60.2 Å². The third-order valence-electron chi connectivity index (χ3n) is 4.71. The Hall–Kier alpha value is -2.95. The molecule has 132 valence electrons. The number of furan rings is 1. The summed E-state index contributed by atoms with van der Waals surface area (Å²) >= 11 is 0. The number of likely N-dealkylation sites (tertiary alicyclic amines) is 1. The Labute approximate surface area is 151 Å². The Morgan fingerprint density at radius 2 is 2.31 bits per heavy atom. The maximum Gasteiger partial charge on any atom is 0.203 e. The second-order valence-corrected chi connectivity index (χ2v) is 6.34. The predicted octanol–water partition coefficient (Wildman–Crippen LogP) is 2.90. The zero-order valence-electron chi connectivity index (χ0n) is 14.4. The van der Waals surface area contributed by atoms with Crippen molar-refractivity contribution in [2.75, 3.05) is 13.7 Å². The van der Waals surface area contributed by atoms with Crippen LogP contribution in [-0.4, -0.2) is 39.6 Å². The zero-order valence-corrected chi connectivity index (χ0v) is 14.4. The Bertz CT molecular complexity index is 911. The van der Waals surface area contributed by atoms with Gasteiger partial charge in [0.15, 0.2) is 0 Å². The highest BCUT2D eigenvalue weighted by Crippen LogP contribution is 2.34. The first kappa shape index (κ1) is 16.5. The van der Waals surface area contributed by atoms with E-state index in [9.17, 15) is 0 Å². The van der Waals surface area contributed by atoms with Gasteiger partial charge in [-0.3, -0.25) is 9.88 Å². The number of methoxy groups -OCH3 is 1. The number of hydrogen-bond acceptors (Lipinski definition) is 6. The molecule has 2 atom stereocenters. The van der Waals surface area contributed by atoms with E-state index in [2.05, 4.69) is 19.9 Å². The molecule has 1 aliphatic rings. The molecule has 0 bridgehead atoms. The molecule has 0 aromatic carbocycles. The van der Waals surface area contributed by atoms with E-state index in [1.54, 1.807) is 19.4 Å². The average molecular weight is 349 g/mol. The van der Waals surface area contributed by atoms with Crippen LogP contribution in [0.1, 0.15) is 29.8 Å². The molecular formula is C19H19N5O2. The maximum atomic E-state index is 8.94. The van der Waals surface area contributed by atoms with Gasteiger partial charge in [0.1, 0.15) is 17.7 Å². The second kappa shape index (κ2) is 7.12. The van der Waals surface area contributed by atoms with Gasteiger partial charge >= 0.3 is 0 Å². The first-order valence-electron chi connectivity index (χ1n) is 8.48. The van der Waals surface area contributed by atoms with Crippen molar-refractivity contribution in [2.45, 2.75) is 25.1 Å². The van der Waals surface area contributed by atoms with Crippen LogP contribution >= 0.6 is 0 Å². The molecule has 0 saturated carbocycles. The lowest BCUT2D eigenvalue weighted by molar-refractivity contribution is 0.106. The van der Waals surface area contributed by atoms with Gasteiger partial charge in [-0.05, 0) is 30.7 Å². The van der Waals surface area contributed by atoms with Crippen LogP contribution in [0.5, 0.6) is 0 Å². The summed E-state index contributed by atoms with van der Waals surface area (Å²) in [7, 11) is 1.73. The van der Waals surface area contributed by atoms with Crippen molar-refractivity contribution in [1.29, 1.82) is 5.26 Å². The van der Waals surface area contributed by atoms with E-state index in [0.29, 0.717) is 12.3 Å². The van der Waals surface area contributed by atoms with E-state index < -0.39 is 0 Å². The monoisotopic (exact) mass is 349 g/mol. The third kappa shape index (κ3) is 3.25. The molecule has 0 unspecified atom stereocenters. The quantitative estimate of drug-likeness (QED) is 0.761. The summed E-state index contributed by atoms with van der Waals surface area (Å²) in [4.78, 5) is 14.4. The summed E-state index contributed by atoms with van der Waals surface area (Å²) < 4.78 is 11.1. The van der Waals surface area contributed by atoms with Gasteiger partial charge in [-0.1, -0.05) is 0 Å². The fourth-order valence-corrected chi connectivity index (χ4v) is 3.39. The van der Waals surface area contributed by atoms with Crippen molar-refractivity contribution >= 4 is 0 Å². The molecule has 0 aliphatic carbocycles. The Balaban J connectivity index is 1.57. The summed E-state index contributed by atoms with van der Waals surface area (Å²) in [6.07, 6.45) is 6.39.